The lowest BCUT2D eigenvalue weighted by atomic mass is 10.1. The second-order valence-electron chi connectivity index (χ2n) is 5.47. The van der Waals surface area contributed by atoms with Crippen LogP contribution in [0.1, 0.15) is 22.8 Å². The number of Topliss-reactive ketones (excluding diaryl/α,β-unsaturated/α-hetero) is 1. The van der Waals surface area contributed by atoms with E-state index in [1.165, 1.54) is 17.3 Å². The van der Waals surface area contributed by atoms with Gasteiger partial charge in [-0.15, -0.1) is 5.10 Å². The SMILES string of the molecule is Cc1ccc(-c2nc(S[C@@H](C)C(=O)c3cccc(Cl)c3)n[nH]2)cc1. The molecule has 2 aromatic carbocycles. The average molecular weight is 358 g/mol. The molecule has 0 spiro atoms. The molecule has 0 aliphatic carbocycles. The van der Waals surface area contributed by atoms with Gasteiger partial charge in [0.15, 0.2) is 11.6 Å². The first-order chi connectivity index (χ1) is 11.5. The van der Waals surface area contributed by atoms with Crippen LogP contribution in [-0.2, 0) is 0 Å². The second-order valence-corrected chi connectivity index (χ2v) is 7.21. The van der Waals surface area contributed by atoms with Crippen molar-refractivity contribution in [3.8, 4) is 11.4 Å². The van der Waals surface area contributed by atoms with Crippen molar-refractivity contribution in [1.29, 1.82) is 0 Å². The smallest absolute Gasteiger partial charge is 0.209 e. The Bertz CT molecular complexity index is 861. The van der Waals surface area contributed by atoms with Gasteiger partial charge in [0.25, 0.3) is 0 Å². The Morgan fingerprint density at radius 2 is 1.96 bits per heavy atom. The summed E-state index contributed by atoms with van der Waals surface area (Å²) in [5, 5.41) is 7.92. The number of aryl methyl sites for hydroxylation is 1. The summed E-state index contributed by atoms with van der Waals surface area (Å²) >= 11 is 7.27. The molecule has 0 bridgehead atoms. The number of aromatic amines is 1. The van der Waals surface area contributed by atoms with Crippen LogP contribution in [0.2, 0.25) is 5.02 Å². The van der Waals surface area contributed by atoms with Gasteiger partial charge in [-0.25, -0.2) is 4.98 Å². The van der Waals surface area contributed by atoms with Crippen molar-refractivity contribution in [1.82, 2.24) is 15.2 Å². The van der Waals surface area contributed by atoms with E-state index in [0.717, 1.165) is 5.56 Å². The van der Waals surface area contributed by atoms with E-state index < -0.39 is 0 Å². The number of hydrogen-bond acceptors (Lipinski definition) is 4. The van der Waals surface area contributed by atoms with Crippen LogP contribution in [0.3, 0.4) is 0 Å². The molecule has 1 atom stereocenters. The van der Waals surface area contributed by atoms with Gasteiger partial charge < -0.3 is 0 Å². The minimum Gasteiger partial charge on any atom is -0.293 e. The predicted molar refractivity (Wildman–Crippen MR) is 97.7 cm³/mol. The number of hydrogen-bond donors (Lipinski definition) is 1. The fraction of sp³-hybridized carbons (Fsp3) is 0.167. The number of carbonyl (C=O) groups is 1. The number of halogens is 1. The van der Waals surface area contributed by atoms with E-state index in [2.05, 4.69) is 15.2 Å². The summed E-state index contributed by atoms with van der Waals surface area (Å²) in [5.41, 5.74) is 2.75. The lowest BCUT2D eigenvalue weighted by Gasteiger charge is -2.07. The first-order valence-electron chi connectivity index (χ1n) is 7.49. The largest absolute Gasteiger partial charge is 0.293 e. The highest BCUT2D eigenvalue weighted by Crippen LogP contribution is 2.25. The number of carbonyl (C=O) groups excluding carboxylic acids is 1. The standard InChI is InChI=1S/C18H16ClN3OS/c1-11-6-8-13(9-7-11)17-20-18(22-21-17)24-12(2)16(23)14-4-3-5-15(19)10-14/h3-10,12H,1-2H3,(H,20,21,22)/t12-/m0/s1. The van der Waals surface area contributed by atoms with Gasteiger partial charge in [0.05, 0.1) is 5.25 Å². The number of rotatable bonds is 5. The fourth-order valence-corrected chi connectivity index (χ4v) is 3.22. The van der Waals surface area contributed by atoms with E-state index in [-0.39, 0.29) is 11.0 Å². The zero-order valence-corrected chi connectivity index (χ0v) is 14.9. The zero-order chi connectivity index (χ0) is 17.1. The lowest BCUT2D eigenvalue weighted by Crippen LogP contribution is -2.13. The van der Waals surface area contributed by atoms with Crippen LogP contribution < -0.4 is 0 Å². The molecule has 0 radical (unpaired) electrons. The zero-order valence-electron chi connectivity index (χ0n) is 13.3. The number of H-pyrrole nitrogens is 1. The molecule has 1 heterocycles. The van der Waals surface area contributed by atoms with E-state index in [9.17, 15) is 4.79 Å². The Kier molecular flexibility index (Phi) is 5.02. The Labute approximate surface area is 149 Å². The molecule has 1 aromatic heterocycles. The molecule has 3 aromatic rings. The summed E-state index contributed by atoms with van der Waals surface area (Å²) in [7, 11) is 0. The quantitative estimate of drug-likeness (QED) is 0.526. The highest BCUT2D eigenvalue weighted by atomic mass is 35.5. The Hall–Kier alpha value is -2.11. The van der Waals surface area contributed by atoms with Gasteiger partial charge in [-0.05, 0) is 26.0 Å². The Morgan fingerprint density at radius 3 is 2.67 bits per heavy atom. The summed E-state index contributed by atoms with van der Waals surface area (Å²) in [6.45, 7) is 3.88. The van der Waals surface area contributed by atoms with Crippen LogP contribution in [0.25, 0.3) is 11.4 Å². The molecule has 24 heavy (non-hydrogen) atoms. The highest BCUT2D eigenvalue weighted by molar-refractivity contribution is 8.00. The summed E-state index contributed by atoms with van der Waals surface area (Å²) in [4.78, 5) is 16.9. The highest BCUT2D eigenvalue weighted by Gasteiger charge is 2.19. The van der Waals surface area contributed by atoms with Gasteiger partial charge in [-0.3, -0.25) is 9.89 Å². The van der Waals surface area contributed by atoms with Gasteiger partial charge in [0.1, 0.15) is 0 Å². The summed E-state index contributed by atoms with van der Waals surface area (Å²) in [5.74, 6) is 0.698. The third-order valence-corrected chi connectivity index (χ3v) is 4.75. The van der Waals surface area contributed by atoms with Gasteiger partial charge in [-0.1, -0.05) is 65.3 Å². The molecule has 0 amide bonds. The summed E-state index contributed by atoms with van der Waals surface area (Å²) < 4.78 is 0. The number of aromatic nitrogens is 3. The molecular formula is C18H16ClN3OS. The molecule has 3 rings (SSSR count). The van der Waals surface area contributed by atoms with Gasteiger partial charge in [0.2, 0.25) is 5.16 Å². The minimum absolute atomic E-state index is 0.00388. The van der Waals surface area contributed by atoms with Crippen molar-refractivity contribution < 1.29 is 4.79 Å². The van der Waals surface area contributed by atoms with Gasteiger partial charge in [0, 0.05) is 16.1 Å². The van der Waals surface area contributed by atoms with Crippen molar-refractivity contribution in [2.75, 3.05) is 0 Å². The predicted octanol–water partition coefficient (Wildman–Crippen LogP) is 4.80. The Balaban J connectivity index is 1.72. The van der Waals surface area contributed by atoms with E-state index in [0.29, 0.717) is 21.6 Å². The van der Waals surface area contributed by atoms with Crippen molar-refractivity contribution in [3.05, 3.63) is 64.7 Å². The van der Waals surface area contributed by atoms with E-state index in [1.54, 1.807) is 24.3 Å². The topological polar surface area (TPSA) is 58.6 Å². The molecule has 0 aliphatic heterocycles. The van der Waals surface area contributed by atoms with E-state index in [1.807, 2.05) is 38.1 Å². The molecule has 0 unspecified atom stereocenters. The monoisotopic (exact) mass is 357 g/mol. The van der Waals surface area contributed by atoms with Crippen molar-refractivity contribution >= 4 is 29.1 Å². The molecular weight excluding hydrogens is 342 g/mol. The van der Waals surface area contributed by atoms with E-state index in [4.69, 9.17) is 11.6 Å². The fourth-order valence-electron chi connectivity index (χ4n) is 2.23. The molecule has 0 saturated heterocycles. The van der Waals surface area contributed by atoms with Crippen LogP contribution >= 0.6 is 23.4 Å². The summed E-state index contributed by atoms with van der Waals surface area (Å²) in [6, 6.07) is 15.0. The number of thioether (sulfide) groups is 1. The van der Waals surface area contributed by atoms with Gasteiger partial charge >= 0.3 is 0 Å². The molecule has 6 heteroatoms. The van der Waals surface area contributed by atoms with E-state index >= 15 is 0 Å². The maximum Gasteiger partial charge on any atom is 0.209 e. The van der Waals surface area contributed by atoms with Crippen molar-refractivity contribution in [3.63, 3.8) is 0 Å². The van der Waals surface area contributed by atoms with Crippen LogP contribution in [-0.4, -0.2) is 26.2 Å². The van der Waals surface area contributed by atoms with Crippen LogP contribution in [0.4, 0.5) is 0 Å². The average Bonchev–Trinajstić information content (AvgIpc) is 3.03. The van der Waals surface area contributed by atoms with Crippen molar-refractivity contribution in [2.24, 2.45) is 0 Å². The number of nitrogens with one attached hydrogen (secondary N) is 1. The van der Waals surface area contributed by atoms with Crippen LogP contribution in [0.15, 0.2) is 53.7 Å². The third kappa shape index (κ3) is 3.86. The summed E-state index contributed by atoms with van der Waals surface area (Å²) in [6.07, 6.45) is 0. The molecule has 122 valence electrons. The molecule has 0 fully saturated rings. The van der Waals surface area contributed by atoms with Crippen LogP contribution in [0.5, 0.6) is 0 Å². The molecule has 1 N–H and O–H groups in total. The molecule has 4 nitrogen and oxygen atoms in total. The molecule has 0 aliphatic rings. The first kappa shape index (κ1) is 16.7. The molecule has 0 saturated carbocycles. The number of ketones is 1. The van der Waals surface area contributed by atoms with Crippen molar-refractivity contribution in [2.45, 2.75) is 24.3 Å². The number of benzene rings is 2. The van der Waals surface area contributed by atoms with Crippen LogP contribution in [0, 0.1) is 6.92 Å². The first-order valence-corrected chi connectivity index (χ1v) is 8.74. The van der Waals surface area contributed by atoms with Gasteiger partial charge in [-0.2, -0.15) is 0 Å². The minimum atomic E-state index is -0.301. The third-order valence-electron chi connectivity index (χ3n) is 3.55. The lowest BCUT2D eigenvalue weighted by molar-refractivity contribution is 0.0994. The Morgan fingerprint density at radius 1 is 1.21 bits per heavy atom. The maximum atomic E-state index is 12.5. The maximum absolute atomic E-state index is 12.5. The normalized spacial score (nSPS) is 12.1. The second kappa shape index (κ2) is 7.20. The number of nitrogens with zero attached hydrogens (tertiary/aromatic N) is 2.